The molecule has 0 amide bonds. The Balaban J connectivity index is 2.33. The lowest BCUT2D eigenvalue weighted by Crippen LogP contribution is -2.46. The Labute approximate surface area is 109 Å². The first-order valence-electron chi connectivity index (χ1n) is 6.40. The van der Waals surface area contributed by atoms with E-state index in [9.17, 15) is 0 Å². The number of hydrogen-bond acceptors (Lipinski definition) is 2. The van der Waals surface area contributed by atoms with E-state index in [2.05, 4.69) is 67.9 Å². The standard InChI is InChI=1S/C15H23N3/c1-15(2,11-16)18(4)10-12-9-17(3)14-8-6-5-7-13(12)14/h5-9H,10-11,16H2,1-4H3. The molecule has 2 N–H and O–H groups in total. The van der Waals surface area contributed by atoms with Crippen molar-refractivity contribution in [3.8, 4) is 0 Å². The second-order valence-electron chi connectivity index (χ2n) is 5.66. The highest BCUT2D eigenvalue weighted by atomic mass is 15.2. The Hall–Kier alpha value is -1.32. The van der Waals surface area contributed by atoms with E-state index in [1.807, 2.05) is 0 Å². The van der Waals surface area contributed by atoms with Crippen molar-refractivity contribution in [2.45, 2.75) is 25.9 Å². The molecular weight excluding hydrogens is 222 g/mol. The molecule has 0 fully saturated rings. The van der Waals surface area contributed by atoms with E-state index >= 15 is 0 Å². The summed E-state index contributed by atoms with van der Waals surface area (Å²) in [4.78, 5) is 2.31. The fourth-order valence-corrected chi connectivity index (χ4v) is 2.18. The number of nitrogens with two attached hydrogens (primary N) is 1. The largest absolute Gasteiger partial charge is 0.350 e. The summed E-state index contributed by atoms with van der Waals surface area (Å²) in [6.45, 7) is 5.94. The molecule has 3 nitrogen and oxygen atoms in total. The Morgan fingerprint density at radius 3 is 2.61 bits per heavy atom. The molecule has 0 saturated heterocycles. The van der Waals surface area contributed by atoms with E-state index in [0.717, 1.165) is 6.54 Å². The molecular formula is C15H23N3. The monoisotopic (exact) mass is 245 g/mol. The molecule has 0 atom stereocenters. The Kier molecular flexibility index (Phi) is 3.46. The molecule has 2 rings (SSSR count). The molecule has 0 aliphatic carbocycles. The van der Waals surface area contributed by atoms with Crippen molar-refractivity contribution in [2.75, 3.05) is 13.6 Å². The number of likely N-dealkylation sites (N-methyl/N-ethyl adjacent to an activating group) is 1. The maximum Gasteiger partial charge on any atom is 0.0481 e. The van der Waals surface area contributed by atoms with Gasteiger partial charge in [0.15, 0.2) is 0 Å². The number of para-hydroxylation sites is 1. The van der Waals surface area contributed by atoms with E-state index in [1.54, 1.807) is 0 Å². The molecule has 0 spiro atoms. The quantitative estimate of drug-likeness (QED) is 0.897. The van der Waals surface area contributed by atoms with Gasteiger partial charge in [-0.2, -0.15) is 0 Å². The SMILES string of the molecule is CN(Cc1cn(C)c2ccccc12)C(C)(C)CN. The first-order valence-corrected chi connectivity index (χ1v) is 6.40. The average Bonchev–Trinajstić information content (AvgIpc) is 2.67. The minimum Gasteiger partial charge on any atom is -0.350 e. The predicted octanol–water partition coefficient (Wildman–Crippen LogP) is 2.35. The molecule has 0 aliphatic rings. The van der Waals surface area contributed by atoms with Gasteiger partial charge >= 0.3 is 0 Å². The van der Waals surface area contributed by atoms with Crippen LogP contribution in [0, 0.1) is 0 Å². The summed E-state index contributed by atoms with van der Waals surface area (Å²) in [5.41, 5.74) is 8.50. The van der Waals surface area contributed by atoms with E-state index in [-0.39, 0.29) is 5.54 Å². The van der Waals surface area contributed by atoms with Crippen LogP contribution in [-0.4, -0.2) is 28.6 Å². The minimum atomic E-state index is 0.0247. The molecule has 0 bridgehead atoms. The molecule has 98 valence electrons. The van der Waals surface area contributed by atoms with Crippen LogP contribution in [0.5, 0.6) is 0 Å². The molecule has 1 aromatic heterocycles. The average molecular weight is 245 g/mol. The van der Waals surface area contributed by atoms with Gasteiger partial charge < -0.3 is 10.3 Å². The van der Waals surface area contributed by atoms with Crippen molar-refractivity contribution in [1.82, 2.24) is 9.47 Å². The molecule has 0 radical (unpaired) electrons. The highest BCUT2D eigenvalue weighted by molar-refractivity contribution is 5.83. The maximum atomic E-state index is 5.83. The minimum absolute atomic E-state index is 0.0247. The predicted molar refractivity (Wildman–Crippen MR) is 77.5 cm³/mol. The molecule has 18 heavy (non-hydrogen) atoms. The van der Waals surface area contributed by atoms with Gasteiger partial charge in [0, 0.05) is 42.8 Å². The molecule has 0 aliphatic heterocycles. The van der Waals surface area contributed by atoms with Crippen LogP contribution in [0.15, 0.2) is 30.5 Å². The van der Waals surface area contributed by atoms with Crippen molar-refractivity contribution in [1.29, 1.82) is 0 Å². The van der Waals surface area contributed by atoms with Crippen LogP contribution >= 0.6 is 0 Å². The number of aryl methyl sites for hydroxylation is 1. The summed E-state index contributed by atoms with van der Waals surface area (Å²) in [7, 11) is 4.23. The van der Waals surface area contributed by atoms with Gasteiger partial charge in [-0.1, -0.05) is 18.2 Å². The van der Waals surface area contributed by atoms with Crippen LogP contribution in [-0.2, 0) is 13.6 Å². The first kappa shape index (κ1) is 13.1. The molecule has 2 aromatic rings. The van der Waals surface area contributed by atoms with Gasteiger partial charge in [0.25, 0.3) is 0 Å². The van der Waals surface area contributed by atoms with Crippen LogP contribution in [0.4, 0.5) is 0 Å². The van der Waals surface area contributed by atoms with E-state index in [0.29, 0.717) is 6.54 Å². The van der Waals surface area contributed by atoms with Crippen molar-refractivity contribution in [3.63, 3.8) is 0 Å². The third-order valence-corrected chi connectivity index (χ3v) is 3.92. The smallest absolute Gasteiger partial charge is 0.0481 e. The second-order valence-corrected chi connectivity index (χ2v) is 5.66. The van der Waals surface area contributed by atoms with Crippen molar-refractivity contribution in [3.05, 3.63) is 36.0 Å². The lowest BCUT2D eigenvalue weighted by atomic mass is 10.0. The number of rotatable bonds is 4. The molecule has 1 heterocycles. The normalized spacial score (nSPS) is 12.6. The summed E-state index contributed by atoms with van der Waals surface area (Å²) in [5, 5.41) is 1.33. The zero-order chi connectivity index (χ0) is 13.3. The van der Waals surface area contributed by atoms with E-state index in [4.69, 9.17) is 5.73 Å². The first-order chi connectivity index (χ1) is 8.45. The number of benzene rings is 1. The number of hydrogen-bond donors (Lipinski definition) is 1. The molecule has 1 aromatic carbocycles. The van der Waals surface area contributed by atoms with Gasteiger partial charge in [-0.05, 0) is 32.5 Å². The van der Waals surface area contributed by atoms with Crippen LogP contribution in [0.2, 0.25) is 0 Å². The van der Waals surface area contributed by atoms with Crippen LogP contribution in [0.25, 0.3) is 10.9 Å². The van der Waals surface area contributed by atoms with Gasteiger partial charge in [0.1, 0.15) is 0 Å². The van der Waals surface area contributed by atoms with Crippen LogP contribution in [0.3, 0.4) is 0 Å². The second kappa shape index (κ2) is 4.75. The summed E-state index contributed by atoms with van der Waals surface area (Å²) in [6.07, 6.45) is 2.22. The van der Waals surface area contributed by atoms with Gasteiger partial charge in [0.2, 0.25) is 0 Å². The highest BCUT2D eigenvalue weighted by Gasteiger charge is 2.22. The summed E-state index contributed by atoms with van der Waals surface area (Å²) in [6, 6.07) is 8.53. The van der Waals surface area contributed by atoms with E-state index < -0.39 is 0 Å². The fraction of sp³-hybridized carbons (Fsp3) is 0.467. The zero-order valence-corrected chi connectivity index (χ0v) is 11.8. The molecule has 0 saturated carbocycles. The van der Waals surface area contributed by atoms with E-state index in [1.165, 1.54) is 16.5 Å². The van der Waals surface area contributed by atoms with Gasteiger partial charge in [-0.15, -0.1) is 0 Å². The van der Waals surface area contributed by atoms with Crippen LogP contribution in [0.1, 0.15) is 19.4 Å². The van der Waals surface area contributed by atoms with Gasteiger partial charge in [-0.25, -0.2) is 0 Å². The van der Waals surface area contributed by atoms with Crippen molar-refractivity contribution < 1.29 is 0 Å². The number of aromatic nitrogens is 1. The topological polar surface area (TPSA) is 34.2 Å². The number of fused-ring (bicyclic) bond motifs is 1. The van der Waals surface area contributed by atoms with Gasteiger partial charge in [0.05, 0.1) is 0 Å². The Morgan fingerprint density at radius 1 is 1.28 bits per heavy atom. The van der Waals surface area contributed by atoms with Crippen molar-refractivity contribution >= 4 is 10.9 Å². The van der Waals surface area contributed by atoms with Crippen molar-refractivity contribution in [2.24, 2.45) is 12.8 Å². The highest BCUT2D eigenvalue weighted by Crippen LogP contribution is 2.23. The third-order valence-electron chi connectivity index (χ3n) is 3.92. The fourth-order valence-electron chi connectivity index (χ4n) is 2.18. The molecule has 0 unspecified atom stereocenters. The lowest BCUT2D eigenvalue weighted by Gasteiger charge is -2.34. The van der Waals surface area contributed by atoms with Crippen LogP contribution < -0.4 is 5.73 Å². The zero-order valence-electron chi connectivity index (χ0n) is 11.8. The summed E-state index contributed by atoms with van der Waals surface area (Å²) in [5.74, 6) is 0. The summed E-state index contributed by atoms with van der Waals surface area (Å²) < 4.78 is 2.19. The van der Waals surface area contributed by atoms with Gasteiger partial charge in [-0.3, -0.25) is 4.90 Å². The summed E-state index contributed by atoms with van der Waals surface area (Å²) >= 11 is 0. The number of nitrogens with zero attached hydrogens (tertiary/aromatic N) is 2. The Bertz CT molecular complexity index is 540. The molecule has 3 heteroatoms. The third kappa shape index (κ3) is 2.28. The maximum absolute atomic E-state index is 5.83. The Morgan fingerprint density at radius 2 is 1.94 bits per heavy atom. The lowest BCUT2D eigenvalue weighted by molar-refractivity contribution is 0.156.